The van der Waals surface area contributed by atoms with Crippen molar-refractivity contribution >= 4 is 12.0 Å². The van der Waals surface area contributed by atoms with E-state index in [4.69, 9.17) is 4.74 Å². The fraction of sp³-hybridized carbons (Fsp3) is 0.867. The maximum absolute atomic E-state index is 12.3. The zero-order valence-electron chi connectivity index (χ0n) is 13.3. The molecule has 1 aliphatic carbocycles. The van der Waals surface area contributed by atoms with E-state index in [0.717, 1.165) is 6.42 Å². The Bertz CT molecular complexity index is 427. The molecule has 2 fully saturated rings. The number of aliphatic carboxylic acids is 1. The Kier molecular flexibility index (Phi) is 4.19. The number of piperidine rings is 1. The number of rotatable bonds is 3. The first-order valence-electron chi connectivity index (χ1n) is 7.52. The number of carbonyl (C=O) groups is 2. The van der Waals surface area contributed by atoms with Gasteiger partial charge in [0.15, 0.2) is 0 Å². The molecule has 1 saturated carbocycles. The van der Waals surface area contributed by atoms with Gasteiger partial charge in [-0.1, -0.05) is 13.8 Å². The smallest absolute Gasteiger partial charge is 0.317 e. The van der Waals surface area contributed by atoms with Gasteiger partial charge in [0, 0.05) is 31.7 Å². The lowest BCUT2D eigenvalue weighted by Crippen LogP contribution is -2.63. The number of nitrogens with one attached hydrogen (secondary N) is 1. The van der Waals surface area contributed by atoms with Crippen molar-refractivity contribution in [1.82, 2.24) is 10.2 Å². The molecule has 6 nitrogen and oxygen atoms in total. The minimum absolute atomic E-state index is 0.0597. The summed E-state index contributed by atoms with van der Waals surface area (Å²) in [4.78, 5) is 25.2. The van der Waals surface area contributed by atoms with Gasteiger partial charge in [-0.25, -0.2) is 4.79 Å². The molecule has 2 rings (SSSR count). The fourth-order valence-electron chi connectivity index (χ4n) is 3.19. The maximum atomic E-state index is 12.3. The number of hydrogen-bond acceptors (Lipinski definition) is 3. The van der Waals surface area contributed by atoms with Crippen molar-refractivity contribution in [3.63, 3.8) is 0 Å². The van der Waals surface area contributed by atoms with Crippen molar-refractivity contribution in [3.8, 4) is 0 Å². The number of ether oxygens (including phenoxy) is 1. The SMILES string of the molecule is COC1CC(NC(=O)N2CCC(C)(C(=O)O)CC2)C1(C)C. The van der Waals surface area contributed by atoms with Gasteiger partial charge >= 0.3 is 12.0 Å². The number of urea groups is 1. The summed E-state index contributed by atoms with van der Waals surface area (Å²) in [7, 11) is 1.70. The van der Waals surface area contributed by atoms with Crippen LogP contribution >= 0.6 is 0 Å². The molecule has 6 heteroatoms. The molecule has 1 heterocycles. The van der Waals surface area contributed by atoms with Gasteiger partial charge in [-0.15, -0.1) is 0 Å². The first-order valence-corrected chi connectivity index (χ1v) is 7.52. The van der Waals surface area contributed by atoms with E-state index in [0.29, 0.717) is 25.9 Å². The second kappa shape index (κ2) is 5.48. The van der Waals surface area contributed by atoms with E-state index in [-0.39, 0.29) is 23.6 Å². The Hall–Kier alpha value is -1.30. The number of carboxylic acids is 1. The quantitative estimate of drug-likeness (QED) is 0.831. The molecule has 120 valence electrons. The molecule has 0 radical (unpaired) electrons. The van der Waals surface area contributed by atoms with Crippen molar-refractivity contribution < 1.29 is 19.4 Å². The number of carboxylic acid groups (broad SMARTS) is 1. The molecule has 0 aromatic rings. The van der Waals surface area contributed by atoms with Gasteiger partial charge in [-0.3, -0.25) is 4.79 Å². The molecule has 2 unspecified atom stereocenters. The normalized spacial score (nSPS) is 30.4. The fourth-order valence-corrected chi connectivity index (χ4v) is 3.19. The average molecular weight is 298 g/mol. The summed E-state index contributed by atoms with van der Waals surface area (Å²) >= 11 is 0. The third-order valence-electron chi connectivity index (χ3n) is 5.43. The molecule has 2 N–H and O–H groups in total. The third kappa shape index (κ3) is 2.86. The lowest BCUT2D eigenvalue weighted by Gasteiger charge is -2.51. The van der Waals surface area contributed by atoms with Crippen molar-refractivity contribution in [3.05, 3.63) is 0 Å². The lowest BCUT2D eigenvalue weighted by atomic mass is 9.64. The van der Waals surface area contributed by atoms with Crippen LogP contribution in [0.1, 0.15) is 40.0 Å². The molecule has 2 aliphatic rings. The standard InChI is InChI=1S/C15H26N2O4/c1-14(2)10(9-11(14)21-4)16-13(20)17-7-5-15(3,6-8-17)12(18)19/h10-11H,5-9H2,1-4H3,(H,16,20)(H,18,19). The van der Waals surface area contributed by atoms with Crippen LogP contribution in [0, 0.1) is 10.8 Å². The summed E-state index contributed by atoms with van der Waals surface area (Å²) in [5, 5.41) is 12.3. The third-order valence-corrected chi connectivity index (χ3v) is 5.43. The summed E-state index contributed by atoms with van der Waals surface area (Å²) in [5.74, 6) is -0.773. The van der Waals surface area contributed by atoms with Gasteiger partial charge in [0.25, 0.3) is 0 Å². The number of amides is 2. The monoisotopic (exact) mass is 298 g/mol. The predicted octanol–water partition coefficient (Wildman–Crippen LogP) is 1.70. The van der Waals surface area contributed by atoms with Crippen molar-refractivity contribution in [1.29, 1.82) is 0 Å². The van der Waals surface area contributed by atoms with Gasteiger partial charge < -0.3 is 20.1 Å². The highest BCUT2D eigenvalue weighted by molar-refractivity contribution is 5.77. The maximum Gasteiger partial charge on any atom is 0.317 e. The largest absolute Gasteiger partial charge is 0.481 e. The zero-order valence-corrected chi connectivity index (χ0v) is 13.3. The van der Waals surface area contributed by atoms with Crippen molar-refractivity contribution in [2.24, 2.45) is 10.8 Å². The van der Waals surface area contributed by atoms with Crippen molar-refractivity contribution in [2.45, 2.75) is 52.2 Å². The highest BCUT2D eigenvalue weighted by atomic mass is 16.5. The van der Waals surface area contributed by atoms with Crippen LogP contribution in [-0.2, 0) is 9.53 Å². The van der Waals surface area contributed by atoms with Crippen LogP contribution in [-0.4, -0.2) is 54.4 Å². The molecule has 0 aromatic heterocycles. The number of carbonyl (C=O) groups excluding carboxylic acids is 1. The van der Waals surface area contributed by atoms with E-state index in [2.05, 4.69) is 19.2 Å². The Labute approximate surface area is 125 Å². The van der Waals surface area contributed by atoms with E-state index in [9.17, 15) is 14.7 Å². The van der Waals surface area contributed by atoms with E-state index in [1.165, 1.54) is 0 Å². The Balaban J connectivity index is 1.85. The average Bonchev–Trinajstić information content (AvgIpc) is 2.43. The summed E-state index contributed by atoms with van der Waals surface area (Å²) in [6, 6.07) is 0.0257. The van der Waals surface area contributed by atoms with Crippen LogP contribution in [0.3, 0.4) is 0 Å². The Morgan fingerprint density at radius 3 is 2.24 bits per heavy atom. The minimum Gasteiger partial charge on any atom is -0.481 e. The topological polar surface area (TPSA) is 78.9 Å². The molecule has 1 saturated heterocycles. The summed E-state index contributed by atoms with van der Waals surface area (Å²) in [6.07, 6.45) is 2.02. The summed E-state index contributed by atoms with van der Waals surface area (Å²) < 4.78 is 5.38. The summed E-state index contributed by atoms with van der Waals surface area (Å²) in [6.45, 7) is 6.93. The number of hydrogen-bond donors (Lipinski definition) is 2. The lowest BCUT2D eigenvalue weighted by molar-refractivity contribution is -0.150. The predicted molar refractivity (Wildman–Crippen MR) is 78.1 cm³/mol. The van der Waals surface area contributed by atoms with Crippen LogP contribution in [0.25, 0.3) is 0 Å². The molecule has 1 aliphatic heterocycles. The molecule has 21 heavy (non-hydrogen) atoms. The first-order chi connectivity index (χ1) is 9.70. The van der Waals surface area contributed by atoms with Crippen molar-refractivity contribution in [2.75, 3.05) is 20.2 Å². The molecular formula is C15H26N2O4. The van der Waals surface area contributed by atoms with Crippen LogP contribution in [0.2, 0.25) is 0 Å². The highest BCUT2D eigenvalue weighted by Crippen LogP contribution is 2.42. The second-order valence-corrected chi connectivity index (χ2v) is 7.14. The van der Waals surface area contributed by atoms with Crippen LogP contribution < -0.4 is 5.32 Å². The van der Waals surface area contributed by atoms with E-state index in [1.807, 2.05) is 0 Å². The first kappa shape index (κ1) is 16.1. The van der Waals surface area contributed by atoms with Crippen LogP contribution in [0.15, 0.2) is 0 Å². The highest BCUT2D eigenvalue weighted by Gasteiger charge is 2.49. The van der Waals surface area contributed by atoms with E-state index in [1.54, 1.807) is 18.9 Å². The van der Waals surface area contributed by atoms with Crippen LogP contribution in [0.5, 0.6) is 0 Å². The van der Waals surface area contributed by atoms with E-state index < -0.39 is 11.4 Å². The number of methoxy groups -OCH3 is 1. The van der Waals surface area contributed by atoms with Gasteiger partial charge in [0.2, 0.25) is 0 Å². The van der Waals surface area contributed by atoms with Gasteiger partial charge in [0.1, 0.15) is 0 Å². The van der Waals surface area contributed by atoms with E-state index >= 15 is 0 Å². The van der Waals surface area contributed by atoms with Crippen LogP contribution in [0.4, 0.5) is 4.79 Å². The Morgan fingerprint density at radius 2 is 1.81 bits per heavy atom. The van der Waals surface area contributed by atoms with Gasteiger partial charge in [-0.2, -0.15) is 0 Å². The molecule has 0 bridgehead atoms. The molecule has 2 atom stereocenters. The zero-order chi connectivity index (χ0) is 15.8. The van der Waals surface area contributed by atoms with Gasteiger partial charge in [0.05, 0.1) is 11.5 Å². The number of nitrogens with zero attached hydrogens (tertiary/aromatic N) is 1. The Morgan fingerprint density at radius 1 is 1.24 bits per heavy atom. The second-order valence-electron chi connectivity index (χ2n) is 7.14. The van der Waals surface area contributed by atoms with Gasteiger partial charge in [-0.05, 0) is 26.2 Å². The summed E-state index contributed by atoms with van der Waals surface area (Å²) in [5.41, 5.74) is -0.760. The number of likely N-dealkylation sites (tertiary alicyclic amines) is 1. The molecule has 0 aromatic carbocycles. The molecule has 2 amide bonds. The molecule has 0 spiro atoms. The minimum atomic E-state index is -0.773. The molecular weight excluding hydrogens is 272 g/mol.